The number of hydrogen-bond donors (Lipinski definition) is 0. The van der Waals surface area contributed by atoms with Crippen LogP contribution >= 0.6 is 11.6 Å². The van der Waals surface area contributed by atoms with Gasteiger partial charge in [-0.05, 0) is 43.4 Å². The third-order valence-corrected chi connectivity index (χ3v) is 5.19. The molecular weight excluding hydrogens is 284 g/mol. The van der Waals surface area contributed by atoms with E-state index < -0.39 is 0 Å². The topological polar surface area (TPSA) is 29.3 Å². The first kappa shape index (κ1) is 13.4. The summed E-state index contributed by atoms with van der Waals surface area (Å²) in [4.78, 5) is 6.90. The van der Waals surface area contributed by atoms with E-state index in [2.05, 4.69) is 9.88 Å². The Morgan fingerprint density at radius 2 is 2.19 bits per heavy atom. The molecule has 2 aliphatic rings. The van der Waals surface area contributed by atoms with Crippen LogP contribution in [0.4, 0.5) is 0 Å². The Balaban J connectivity index is 1.45. The van der Waals surface area contributed by atoms with E-state index in [4.69, 9.17) is 16.0 Å². The number of hydrogen-bond acceptors (Lipinski definition) is 3. The van der Waals surface area contributed by atoms with Gasteiger partial charge in [0.15, 0.2) is 5.76 Å². The Hall–Kier alpha value is -1.32. The van der Waals surface area contributed by atoms with Gasteiger partial charge in [-0.1, -0.05) is 30.2 Å². The van der Waals surface area contributed by atoms with Crippen LogP contribution in [-0.4, -0.2) is 23.0 Å². The normalized spacial score (nSPS) is 20.8. The van der Waals surface area contributed by atoms with Crippen LogP contribution in [0.2, 0.25) is 5.02 Å². The van der Waals surface area contributed by atoms with Gasteiger partial charge in [0.05, 0.1) is 12.7 Å². The second-order valence-corrected chi connectivity index (χ2v) is 6.88. The highest BCUT2D eigenvalue weighted by molar-refractivity contribution is 6.30. The van der Waals surface area contributed by atoms with Crippen molar-refractivity contribution in [1.29, 1.82) is 0 Å². The summed E-state index contributed by atoms with van der Waals surface area (Å²) in [6, 6.07) is 7.70. The van der Waals surface area contributed by atoms with Crippen LogP contribution in [0.3, 0.4) is 0 Å². The molecular formula is C17H19ClN2O. The lowest BCUT2D eigenvalue weighted by Gasteiger charge is -2.38. The SMILES string of the molecule is Clc1cccc(-c2cnc(CN3CCC4(CCC4)C3)o2)c1. The molecule has 0 radical (unpaired) electrons. The summed E-state index contributed by atoms with van der Waals surface area (Å²) in [7, 11) is 0. The largest absolute Gasteiger partial charge is 0.439 e. The molecule has 110 valence electrons. The van der Waals surface area contributed by atoms with Gasteiger partial charge in [0.2, 0.25) is 5.89 Å². The zero-order valence-corrected chi connectivity index (χ0v) is 12.8. The molecule has 1 aromatic heterocycles. The molecule has 1 saturated carbocycles. The van der Waals surface area contributed by atoms with Crippen molar-refractivity contribution in [1.82, 2.24) is 9.88 Å². The van der Waals surface area contributed by atoms with Crippen molar-refractivity contribution in [3.8, 4) is 11.3 Å². The summed E-state index contributed by atoms with van der Waals surface area (Å²) in [6.45, 7) is 3.21. The fourth-order valence-electron chi connectivity index (χ4n) is 3.60. The average Bonchev–Trinajstić information content (AvgIpc) is 3.06. The Morgan fingerprint density at radius 1 is 1.29 bits per heavy atom. The molecule has 4 rings (SSSR count). The molecule has 0 amide bonds. The lowest BCUT2D eigenvalue weighted by Crippen LogP contribution is -2.32. The number of likely N-dealkylation sites (tertiary alicyclic amines) is 1. The fourth-order valence-corrected chi connectivity index (χ4v) is 3.79. The van der Waals surface area contributed by atoms with E-state index >= 15 is 0 Å². The predicted molar refractivity (Wildman–Crippen MR) is 83.1 cm³/mol. The van der Waals surface area contributed by atoms with E-state index in [1.165, 1.54) is 38.8 Å². The second-order valence-electron chi connectivity index (χ2n) is 6.44. The molecule has 1 spiro atoms. The van der Waals surface area contributed by atoms with E-state index in [1.54, 1.807) is 6.20 Å². The van der Waals surface area contributed by atoms with E-state index in [0.717, 1.165) is 28.8 Å². The van der Waals surface area contributed by atoms with Crippen LogP contribution in [0, 0.1) is 5.41 Å². The number of oxazole rings is 1. The van der Waals surface area contributed by atoms with Crippen LogP contribution < -0.4 is 0 Å². The molecule has 2 aromatic rings. The fraction of sp³-hybridized carbons (Fsp3) is 0.471. The van der Waals surface area contributed by atoms with Gasteiger partial charge in [0.1, 0.15) is 0 Å². The van der Waals surface area contributed by atoms with Gasteiger partial charge in [-0.25, -0.2) is 4.98 Å². The van der Waals surface area contributed by atoms with E-state index in [1.807, 2.05) is 24.3 Å². The molecule has 0 bridgehead atoms. The van der Waals surface area contributed by atoms with Crippen LogP contribution in [0.25, 0.3) is 11.3 Å². The summed E-state index contributed by atoms with van der Waals surface area (Å²) in [5, 5.41) is 0.719. The first-order chi connectivity index (χ1) is 10.2. The van der Waals surface area contributed by atoms with Crippen molar-refractivity contribution in [3.63, 3.8) is 0 Å². The van der Waals surface area contributed by atoms with Crippen molar-refractivity contribution in [2.24, 2.45) is 5.41 Å². The maximum Gasteiger partial charge on any atom is 0.209 e. The quantitative estimate of drug-likeness (QED) is 0.843. The van der Waals surface area contributed by atoms with Gasteiger partial charge in [-0.3, -0.25) is 4.90 Å². The first-order valence-electron chi connectivity index (χ1n) is 7.66. The van der Waals surface area contributed by atoms with Gasteiger partial charge in [0.25, 0.3) is 0 Å². The average molecular weight is 303 g/mol. The zero-order valence-electron chi connectivity index (χ0n) is 12.0. The van der Waals surface area contributed by atoms with Gasteiger partial charge >= 0.3 is 0 Å². The van der Waals surface area contributed by atoms with Gasteiger partial charge in [0, 0.05) is 17.1 Å². The maximum absolute atomic E-state index is 6.02. The number of halogens is 1. The molecule has 3 nitrogen and oxygen atoms in total. The highest BCUT2D eigenvalue weighted by Crippen LogP contribution is 2.48. The third kappa shape index (κ3) is 2.60. The van der Waals surface area contributed by atoms with Gasteiger partial charge in [-0.15, -0.1) is 0 Å². The second kappa shape index (κ2) is 5.15. The molecule has 21 heavy (non-hydrogen) atoms. The first-order valence-corrected chi connectivity index (χ1v) is 8.03. The van der Waals surface area contributed by atoms with Crippen LogP contribution in [0.5, 0.6) is 0 Å². The van der Waals surface area contributed by atoms with Gasteiger partial charge in [-0.2, -0.15) is 0 Å². The van der Waals surface area contributed by atoms with E-state index in [9.17, 15) is 0 Å². The monoisotopic (exact) mass is 302 g/mol. The Labute approximate surface area is 129 Å². The molecule has 1 aromatic carbocycles. The Bertz CT molecular complexity index is 648. The molecule has 0 atom stereocenters. The number of rotatable bonds is 3. The van der Waals surface area contributed by atoms with Crippen LogP contribution in [-0.2, 0) is 6.54 Å². The summed E-state index contributed by atoms with van der Waals surface area (Å²) in [5.41, 5.74) is 1.61. The van der Waals surface area contributed by atoms with E-state index in [-0.39, 0.29) is 0 Å². The van der Waals surface area contributed by atoms with Crippen LogP contribution in [0.15, 0.2) is 34.9 Å². The third-order valence-electron chi connectivity index (χ3n) is 4.95. The Morgan fingerprint density at radius 3 is 2.90 bits per heavy atom. The predicted octanol–water partition coefficient (Wildman–Crippen LogP) is 4.37. The molecule has 2 heterocycles. The molecule has 1 saturated heterocycles. The lowest BCUT2D eigenvalue weighted by molar-refractivity contribution is 0.134. The zero-order chi connectivity index (χ0) is 14.3. The highest BCUT2D eigenvalue weighted by Gasteiger charge is 2.42. The molecule has 4 heteroatoms. The van der Waals surface area contributed by atoms with Gasteiger partial charge < -0.3 is 4.42 Å². The van der Waals surface area contributed by atoms with Crippen molar-refractivity contribution in [2.45, 2.75) is 32.2 Å². The minimum absolute atomic E-state index is 0.627. The van der Waals surface area contributed by atoms with Crippen molar-refractivity contribution in [2.75, 3.05) is 13.1 Å². The summed E-state index contributed by atoms with van der Waals surface area (Å²) in [5.74, 6) is 1.60. The molecule has 0 unspecified atom stereocenters. The smallest absolute Gasteiger partial charge is 0.209 e. The lowest BCUT2D eigenvalue weighted by atomic mass is 9.68. The molecule has 1 aliphatic heterocycles. The highest BCUT2D eigenvalue weighted by atomic mass is 35.5. The molecule has 1 aliphatic carbocycles. The molecule has 2 fully saturated rings. The van der Waals surface area contributed by atoms with Crippen molar-refractivity contribution in [3.05, 3.63) is 41.4 Å². The standard InChI is InChI=1S/C17H19ClN2O/c18-14-4-1-3-13(9-14)15-10-19-16(21-15)11-20-8-7-17(12-20)5-2-6-17/h1,3-4,9-10H,2,5-8,11-12H2. The number of aromatic nitrogens is 1. The van der Waals surface area contributed by atoms with Crippen LogP contribution in [0.1, 0.15) is 31.6 Å². The minimum Gasteiger partial charge on any atom is -0.439 e. The maximum atomic E-state index is 6.02. The summed E-state index contributed by atoms with van der Waals surface area (Å²) >= 11 is 6.02. The van der Waals surface area contributed by atoms with Crippen molar-refractivity contribution >= 4 is 11.6 Å². The van der Waals surface area contributed by atoms with E-state index in [0.29, 0.717) is 5.41 Å². The van der Waals surface area contributed by atoms with Crippen molar-refractivity contribution < 1.29 is 4.42 Å². The number of nitrogens with zero attached hydrogens (tertiary/aromatic N) is 2. The minimum atomic E-state index is 0.627. The summed E-state index contributed by atoms with van der Waals surface area (Å²) in [6.07, 6.45) is 7.36. The number of benzene rings is 1. The molecule has 0 N–H and O–H groups in total. The Kier molecular flexibility index (Phi) is 3.27. The summed E-state index contributed by atoms with van der Waals surface area (Å²) < 4.78 is 5.90.